The molecular weight excluding hydrogens is 618 g/mol. The van der Waals surface area contributed by atoms with Crippen molar-refractivity contribution in [3.8, 4) is 11.5 Å². The fourth-order valence-corrected chi connectivity index (χ4v) is 3.95. The molecule has 0 N–H and O–H groups in total. The Morgan fingerprint density at radius 1 is 1.24 bits per heavy atom. The molecular formula is C18H21NO2Y4. The minimum absolute atomic E-state index is 0. The summed E-state index contributed by atoms with van der Waals surface area (Å²) in [5.41, 5.74) is 2.58. The minimum atomic E-state index is -0.0000231. The zero-order valence-electron chi connectivity index (χ0n) is 15.2. The second kappa shape index (κ2) is 11.1. The van der Waals surface area contributed by atoms with Gasteiger partial charge in [0.25, 0.3) is 0 Å². The summed E-state index contributed by atoms with van der Waals surface area (Å²) in [6.07, 6.45) is 9.17. The minimum Gasteiger partial charge on any atom is -0.493 e. The van der Waals surface area contributed by atoms with Crippen LogP contribution in [0.2, 0.25) is 0 Å². The second-order valence-corrected chi connectivity index (χ2v) is 6.45. The molecule has 2 unspecified atom stereocenters. The largest absolute Gasteiger partial charge is 0.493 e. The summed E-state index contributed by atoms with van der Waals surface area (Å²) in [5, 5.41) is 0. The van der Waals surface area contributed by atoms with Crippen molar-refractivity contribution in [2.24, 2.45) is 0 Å². The van der Waals surface area contributed by atoms with Crippen LogP contribution in [0.25, 0.3) is 0 Å². The molecule has 3 aliphatic rings. The van der Waals surface area contributed by atoms with E-state index in [2.05, 4.69) is 43.0 Å². The summed E-state index contributed by atoms with van der Waals surface area (Å²) in [4.78, 5) is 0. The van der Waals surface area contributed by atoms with Gasteiger partial charge in [0.2, 0.25) is 0 Å². The van der Waals surface area contributed by atoms with Crippen LogP contribution in [0.5, 0.6) is 11.5 Å². The van der Waals surface area contributed by atoms with Gasteiger partial charge in [-0.1, -0.05) is 6.42 Å². The molecule has 122 valence electrons. The quantitative estimate of drug-likeness (QED) is 0.349. The first kappa shape index (κ1) is 27.5. The molecule has 2 atom stereocenters. The Kier molecular flexibility index (Phi) is 12.2. The molecule has 0 saturated heterocycles. The van der Waals surface area contributed by atoms with Crippen LogP contribution in [-0.4, -0.2) is 37.6 Å². The Morgan fingerprint density at radius 3 is 2.64 bits per heavy atom. The predicted molar refractivity (Wildman–Crippen MR) is 82.6 cm³/mol. The Balaban J connectivity index is 0.00000144. The maximum Gasteiger partial charge on any atom is 0.170 e. The zero-order chi connectivity index (χ0) is 14.6. The summed E-state index contributed by atoms with van der Waals surface area (Å²) >= 11 is 0. The van der Waals surface area contributed by atoms with Crippen molar-refractivity contribution >= 4 is 6.21 Å². The molecule has 1 aromatic carbocycles. The summed E-state index contributed by atoms with van der Waals surface area (Å²) in [6.45, 7) is 3.22. The van der Waals surface area contributed by atoms with Gasteiger partial charge in [-0.05, 0) is 17.5 Å². The van der Waals surface area contributed by atoms with Crippen LogP contribution in [0.1, 0.15) is 30.9 Å². The van der Waals surface area contributed by atoms with Gasteiger partial charge in [0.05, 0.1) is 13.2 Å². The molecule has 0 amide bonds. The number of benzene rings is 1. The number of nitrogens with zero attached hydrogens (tertiary/aromatic N) is 1. The van der Waals surface area contributed by atoms with E-state index in [4.69, 9.17) is 9.47 Å². The van der Waals surface area contributed by atoms with Crippen molar-refractivity contribution in [2.75, 3.05) is 20.7 Å². The van der Waals surface area contributed by atoms with Gasteiger partial charge in [0.1, 0.15) is 13.6 Å². The van der Waals surface area contributed by atoms with Crippen molar-refractivity contribution in [3.05, 3.63) is 41.3 Å². The van der Waals surface area contributed by atoms with Crippen molar-refractivity contribution in [2.45, 2.75) is 31.3 Å². The van der Waals surface area contributed by atoms with Crippen LogP contribution in [0.3, 0.4) is 0 Å². The van der Waals surface area contributed by atoms with Gasteiger partial charge in [-0.25, -0.2) is 22.6 Å². The van der Waals surface area contributed by atoms with Gasteiger partial charge in [-0.15, -0.1) is 6.92 Å². The molecule has 0 fully saturated rings. The van der Waals surface area contributed by atoms with Gasteiger partial charge < -0.3 is 9.47 Å². The zero-order valence-corrected chi connectivity index (χ0v) is 26.5. The summed E-state index contributed by atoms with van der Waals surface area (Å²) in [7, 11) is 3.87. The topological polar surface area (TPSA) is 21.5 Å². The average molecular weight is 639 g/mol. The molecule has 25 heavy (non-hydrogen) atoms. The number of rotatable bonds is 1. The molecule has 2 aliphatic heterocycles. The third-order valence-corrected chi connectivity index (χ3v) is 5.08. The molecule has 0 aromatic heterocycles. The van der Waals surface area contributed by atoms with Gasteiger partial charge in [0, 0.05) is 148 Å². The van der Waals surface area contributed by atoms with Crippen LogP contribution in [0.15, 0.2) is 24.3 Å². The van der Waals surface area contributed by atoms with Crippen LogP contribution >= 0.6 is 0 Å². The fourth-order valence-electron chi connectivity index (χ4n) is 3.95. The maximum atomic E-state index is 6.37. The Bertz CT molecular complexity index is 677. The summed E-state index contributed by atoms with van der Waals surface area (Å²) in [5.74, 6) is 3.19. The molecule has 0 bridgehead atoms. The van der Waals surface area contributed by atoms with Gasteiger partial charge >= 0.3 is 0 Å². The molecule has 1 spiro atoms. The van der Waals surface area contributed by atoms with E-state index >= 15 is 0 Å². The normalized spacial score (nSPS) is 24.5. The van der Waals surface area contributed by atoms with Crippen LogP contribution < -0.4 is 9.47 Å². The first-order chi connectivity index (χ1) is 10.1. The average Bonchev–Trinajstić information content (AvgIpc) is 2.72. The van der Waals surface area contributed by atoms with Gasteiger partial charge in [0.15, 0.2) is 17.7 Å². The smallest absolute Gasteiger partial charge is 0.170 e. The van der Waals surface area contributed by atoms with Crippen LogP contribution in [-0.2, 0) is 136 Å². The SMILES string of the molecule is COc1ccc2c3c1OC1C[C-](C)C=CC31CC[N+](C)=C2.[Y].[Y].[Y].[Y]. The number of hydrogen-bond donors (Lipinski definition) is 0. The monoisotopic (exact) mass is 639 g/mol. The van der Waals surface area contributed by atoms with Gasteiger partial charge in [-0.3, -0.25) is 0 Å². The number of hydrogen-bond acceptors (Lipinski definition) is 2. The van der Waals surface area contributed by atoms with E-state index in [1.165, 1.54) is 17.0 Å². The first-order valence-corrected chi connectivity index (χ1v) is 7.59. The third kappa shape index (κ3) is 4.82. The van der Waals surface area contributed by atoms with E-state index < -0.39 is 0 Å². The predicted octanol–water partition coefficient (Wildman–Crippen LogP) is 2.70. The van der Waals surface area contributed by atoms with Crippen molar-refractivity contribution in [3.63, 3.8) is 0 Å². The maximum absolute atomic E-state index is 6.37. The van der Waals surface area contributed by atoms with Crippen LogP contribution in [0, 0.1) is 5.92 Å². The van der Waals surface area contributed by atoms with Crippen molar-refractivity contribution < 1.29 is 145 Å². The van der Waals surface area contributed by atoms with Gasteiger partial charge in [-0.2, -0.15) is 0 Å². The van der Waals surface area contributed by atoms with E-state index in [0.29, 0.717) is 0 Å². The Morgan fingerprint density at radius 2 is 1.96 bits per heavy atom. The van der Waals surface area contributed by atoms with Crippen molar-refractivity contribution in [1.82, 2.24) is 0 Å². The second-order valence-electron chi connectivity index (χ2n) is 6.45. The molecule has 2 heterocycles. The van der Waals surface area contributed by atoms with Crippen LogP contribution in [0.4, 0.5) is 0 Å². The first-order valence-electron chi connectivity index (χ1n) is 7.59. The molecule has 1 aromatic rings. The number of ether oxygens (including phenoxy) is 2. The molecule has 4 radical (unpaired) electrons. The van der Waals surface area contributed by atoms with Crippen molar-refractivity contribution in [1.29, 1.82) is 0 Å². The molecule has 7 heteroatoms. The van der Waals surface area contributed by atoms with E-state index in [0.717, 1.165) is 30.9 Å². The molecule has 0 saturated carbocycles. The number of methoxy groups -OCH3 is 1. The Hall–Kier alpha value is 2.52. The third-order valence-electron chi connectivity index (χ3n) is 5.08. The summed E-state index contributed by atoms with van der Waals surface area (Å²) < 4.78 is 14.2. The van der Waals surface area contributed by atoms with E-state index in [-0.39, 0.29) is 142 Å². The van der Waals surface area contributed by atoms with E-state index in [1.807, 2.05) is 6.07 Å². The molecule has 4 rings (SSSR count). The number of allylic oxidation sites excluding steroid dienone is 1. The van der Waals surface area contributed by atoms with E-state index in [9.17, 15) is 0 Å². The Labute approximate surface area is 251 Å². The fraction of sp³-hybridized carbons (Fsp3) is 0.444. The standard InChI is InChI=1S/C18H21NO2.4Y/c1-12-6-7-18-8-9-19(2)11-13-4-5-14(20-3)17(16(13)18)21-15(18)10-12;;;;/h4-7,11,15H,8-10H2,1-3H3;;;;. The molecule has 3 nitrogen and oxygen atoms in total. The van der Waals surface area contributed by atoms with E-state index in [1.54, 1.807) is 7.11 Å². The summed E-state index contributed by atoms with van der Waals surface area (Å²) in [6, 6.07) is 4.18. The molecule has 1 aliphatic carbocycles.